The summed E-state index contributed by atoms with van der Waals surface area (Å²) in [6.07, 6.45) is 5.46. The maximum Gasteiger partial charge on any atom is 0.251 e. The summed E-state index contributed by atoms with van der Waals surface area (Å²) >= 11 is 0. The van der Waals surface area contributed by atoms with Crippen molar-refractivity contribution in [3.8, 4) is 0 Å². The Bertz CT molecular complexity index is 493. The first-order valence-electron chi connectivity index (χ1n) is 7.89. The lowest BCUT2D eigenvalue weighted by Gasteiger charge is -2.20. The number of carbonyl (C=O) groups excluding carboxylic acids is 2. The van der Waals surface area contributed by atoms with Crippen molar-refractivity contribution < 1.29 is 14.3 Å². The van der Waals surface area contributed by atoms with Crippen LogP contribution < -0.4 is 10.6 Å². The fraction of sp³-hybridized carbons (Fsp3) is 0.529. The zero-order valence-corrected chi connectivity index (χ0v) is 13.1. The Kier molecular flexibility index (Phi) is 6.40. The molecule has 5 nitrogen and oxygen atoms in total. The van der Waals surface area contributed by atoms with Crippen LogP contribution in [0, 0.1) is 5.92 Å². The summed E-state index contributed by atoms with van der Waals surface area (Å²) in [4.78, 5) is 24.0. The van der Waals surface area contributed by atoms with Crippen LogP contribution in [0.15, 0.2) is 24.3 Å². The average Bonchev–Trinajstić information content (AvgIpc) is 2.56. The van der Waals surface area contributed by atoms with Crippen LogP contribution in [0.1, 0.15) is 42.5 Å². The Labute approximate surface area is 131 Å². The van der Waals surface area contributed by atoms with Gasteiger partial charge in [-0.1, -0.05) is 19.3 Å². The highest BCUT2D eigenvalue weighted by Crippen LogP contribution is 2.25. The van der Waals surface area contributed by atoms with Gasteiger partial charge in [0.15, 0.2) is 0 Å². The maximum atomic E-state index is 12.2. The monoisotopic (exact) mass is 304 g/mol. The average molecular weight is 304 g/mol. The van der Waals surface area contributed by atoms with E-state index in [0.29, 0.717) is 18.7 Å². The first-order chi connectivity index (χ1) is 10.7. The standard InChI is InChI=1S/C17H24N2O3/c1-22-12-11-18-16(20)14-7-9-15(10-8-14)19-17(21)13-5-3-2-4-6-13/h7-10,13H,2-6,11-12H2,1H3,(H,18,20)(H,19,21). The third-order valence-corrected chi connectivity index (χ3v) is 3.98. The van der Waals surface area contributed by atoms with E-state index in [1.807, 2.05) is 0 Å². The van der Waals surface area contributed by atoms with E-state index < -0.39 is 0 Å². The molecule has 0 atom stereocenters. The third kappa shape index (κ3) is 4.84. The Morgan fingerprint density at radius 3 is 2.45 bits per heavy atom. The molecule has 1 fully saturated rings. The number of rotatable bonds is 6. The molecule has 2 N–H and O–H groups in total. The summed E-state index contributed by atoms with van der Waals surface area (Å²) in [7, 11) is 1.59. The number of hydrogen-bond donors (Lipinski definition) is 2. The molecule has 1 aliphatic carbocycles. The SMILES string of the molecule is COCCNC(=O)c1ccc(NC(=O)C2CCCCC2)cc1. The molecule has 1 aromatic carbocycles. The lowest BCUT2D eigenvalue weighted by molar-refractivity contribution is -0.120. The first-order valence-corrected chi connectivity index (χ1v) is 7.89. The van der Waals surface area contributed by atoms with Gasteiger partial charge in [-0.25, -0.2) is 0 Å². The van der Waals surface area contributed by atoms with Gasteiger partial charge in [-0.15, -0.1) is 0 Å². The quantitative estimate of drug-likeness (QED) is 0.794. The Morgan fingerprint density at radius 2 is 1.82 bits per heavy atom. The van der Waals surface area contributed by atoms with Gasteiger partial charge in [-0.05, 0) is 37.1 Å². The van der Waals surface area contributed by atoms with Gasteiger partial charge in [-0.3, -0.25) is 9.59 Å². The summed E-state index contributed by atoms with van der Waals surface area (Å²) in [5.74, 6) is 0.0879. The van der Waals surface area contributed by atoms with Crippen LogP contribution in [0.25, 0.3) is 0 Å². The molecule has 0 spiro atoms. The van der Waals surface area contributed by atoms with Gasteiger partial charge >= 0.3 is 0 Å². The summed E-state index contributed by atoms with van der Waals surface area (Å²) in [5.41, 5.74) is 1.32. The van der Waals surface area contributed by atoms with Gasteiger partial charge in [0.25, 0.3) is 5.91 Å². The van der Waals surface area contributed by atoms with Crippen molar-refractivity contribution in [3.05, 3.63) is 29.8 Å². The Morgan fingerprint density at radius 1 is 1.14 bits per heavy atom. The number of carbonyl (C=O) groups is 2. The van der Waals surface area contributed by atoms with E-state index in [9.17, 15) is 9.59 Å². The van der Waals surface area contributed by atoms with Crippen LogP contribution in [0.3, 0.4) is 0 Å². The molecule has 0 aliphatic heterocycles. The second-order valence-corrected chi connectivity index (χ2v) is 5.65. The van der Waals surface area contributed by atoms with Gasteiger partial charge in [-0.2, -0.15) is 0 Å². The van der Waals surface area contributed by atoms with E-state index in [4.69, 9.17) is 4.74 Å². The highest BCUT2D eigenvalue weighted by Gasteiger charge is 2.21. The van der Waals surface area contributed by atoms with E-state index in [2.05, 4.69) is 10.6 Å². The highest BCUT2D eigenvalue weighted by atomic mass is 16.5. The van der Waals surface area contributed by atoms with E-state index in [1.165, 1.54) is 6.42 Å². The molecule has 2 rings (SSSR count). The second kappa shape index (κ2) is 8.54. The fourth-order valence-electron chi connectivity index (χ4n) is 2.68. The number of methoxy groups -OCH3 is 1. The van der Waals surface area contributed by atoms with Crippen molar-refractivity contribution in [2.24, 2.45) is 5.92 Å². The van der Waals surface area contributed by atoms with Crippen LogP contribution in [0.4, 0.5) is 5.69 Å². The molecule has 120 valence electrons. The van der Waals surface area contributed by atoms with Gasteiger partial charge < -0.3 is 15.4 Å². The first kappa shape index (κ1) is 16.5. The minimum atomic E-state index is -0.137. The van der Waals surface area contributed by atoms with Gasteiger partial charge in [0, 0.05) is 30.8 Å². The molecule has 0 aromatic heterocycles. The van der Waals surface area contributed by atoms with E-state index in [1.54, 1.807) is 31.4 Å². The summed E-state index contributed by atoms with van der Waals surface area (Å²) in [5, 5.41) is 5.70. The number of nitrogens with one attached hydrogen (secondary N) is 2. The normalized spacial score (nSPS) is 15.3. The topological polar surface area (TPSA) is 67.4 Å². The van der Waals surface area contributed by atoms with Crippen LogP contribution >= 0.6 is 0 Å². The van der Waals surface area contributed by atoms with Crippen molar-refractivity contribution in [1.82, 2.24) is 5.32 Å². The van der Waals surface area contributed by atoms with Crippen molar-refractivity contribution in [2.75, 3.05) is 25.6 Å². The number of anilines is 1. The van der Waals surface area contributed by atoms with E-state index in [0.717, 1.165) is 31.4 Å². The number of benzene rings is 1. The van der Waals surface area contributed by atoms with Crippen LogP contribution in [-0.2, 0) is 9.53 Å². The summed E-state index contributed by atoms with van der Waals surface area (Å²) in [6, 6.07) is 6.98. The third-order valence-electron chi connectivity index (χ3n) is 3.98. The second-order valence-electron chi connectivity index (χ2n) is 5.65. The molecule has 1 aliphatic rings. The molecule has 0 saturated heterocycles. The minimum absolute atomic E-state index is 0.0944. The number of ether oxygens (including phenoxy) is 1. The smallest absolute Gasteiger partial charge is 0.251 e. The van der Waals surface area contributed by atoms with Crippen LogP contribution in [-0.4, -0.2) is 32.1 Å². The zero-order chi connectivity index (χ0) is 15.8. The molecule has 22 heavy (non-hydrogen) atoms. The van der Waals surface area contributed by atoms with Crippen molar-refractivity contribution in [1.29, 1.82) is 0 Å². The molecular formula is C17H24N2O3. The lowest BCUT2D eigenvalue weighted by Crippen LogP contribution is -2.27. The molecule has 2 amide bonds. The van der Waals surface area contributed by atoms with Gasteiger partial charge in [0.2, 0.25) is 5.91 Å². The molecule has 0 radical (unpaired) electrons. The van der Waals surface area contributed by atoms with Gasteiger partial charge in [0.05, 0.1) is 6.61 Å². The van der Waals surface area contributed by atoms with Crippen LogP contribution in [0.5, 0.6) is 0 Å². The predicted molar refractivity (Wildman–Crippen MR) is 85.9 cm³/mol. The van der Waals surface area contributed by atoms with E-state index in [-0.39, 0.29) is 17.7 Å². The Hall–Kier alpha value is -1.88. The highest BCUT2D eigenvalue weighted by molar-refractivity contribution is 5.96. The lowest BCUT2D eigenvalue weighted by atomic mass is 9.88. The summed E-state index contributed by atoms with van der Waals surface area (Å²) in [6.45, 7) is 0.969. The van der Waals surface area contributed by atoms with Crippen molar-refractivity contribution >= 4 is 17.5 Å². The zero-order valence-electron chi connectivity index (χ0n) is 13.1. The largest absolute Gasteiger partial charge is 0.383 e. The Balaban J connectivity index is 1.85. The maximum absolute atomic E-state index is 12.2. The predicted octanol–water partition coefficient (Wildman–Crippen LogP) is 2.58. The van der Waals surface area contributed by atoms with Crippen molar-refractivity contribution in [3.63, 3.8) is 0 Å². The molecule has 0 bridgehead atoms. The summed E-state index contributed by atoms with van der Waals surface area (Å²) < 4.78 is 4.89. The molecule has 5 heteroatoms. The van der Waals surface area contributed by atoms with Crippen molar-refractivity contribution in [2.45, 2.75) is 32.1 Å². The number of hydrogen-bond acceptors (Lipinski definition) is 3. The number of amides is 2. The fourth-order valence-corrected chi connectivity index (χ4v) is 2.68. The molecule has 0 heterocycles. The van der Waals surface area contributed by atoms with Crippen LogP contribution in [0.2, 0.25) is 0 Å². The minimum Gasteiger partial charge on any atom is -0.383 e. The van der Waals surface area contributed by atoms with Gasteiger partial charge in [0.1, 0.15) is 0 Å². The van der Waals surface area contributed by atoms with E-state index >= 15 is 0 Å². The molecule has 1 saturated carbocycles. The molecule has 0 unspecified atom stereocenters. The molecular weight excluding hydrogens is 280 g/mol. The molecule has 1 aromatic rings.